The topological polar surface area (TPSA) is 89.5 Å². The van der Waals surface area contributed by atoms with E-state index in [2.05, 4.69) is 20.1 Å². The van der Waals surface area contributed by atoms with Crippen molar-refractivity contribution < 1.29 is 22.8 Å². The van der Waals surface area contributed by atoms with Gasteiger partial charge in [0.05, 0.1) is 5.69 Å². The van der Waals surface area contributed by atoms with Gasteiger partial charge < -0.3 is 19.1 Å². The first-order chi connectivity index (χ1) is 18.0. The Balaban J connectivity index is 1.22. The van der Waals surface area contributed by atoms with Gasteiger partial charge in [-0.2, -0.15) is 14.8 Å². The SMILES string of the molecule is CC(C)c1nn(-c2noc(C3CCN(C4CCN(C(=O)OC(C)(C)C)CC4)CC3)n2)c2c(F)c(F)ccc12. The third kappa shape index (κ3) is 5.25. The molecule has 9 nitrogen and oxygen atoms in total. The lowest BCUT2D eigenvalue weighted by molar-refractivity contribution is 0.0124. The maximum atomic E-state index is 14.8. The predicted molar refractivity (Wildman–Crippen MR) is 137 cm³/mol. The molecular weight excluding hydrogens is 494 g/mol. The molecule has 0 atom stereocenters. The molecule has 2 aliphatic rings. The van der Waals surface area contributed by atoms with E-state index in [0.29, 0.717) is 36.1 Å². The van der Waals surface area contributed by atoms with Crippen molar-refractivity contribution in [3.05, 3.63) is 35.4 Å². The number of ether oxygens (including phenoxy) is 1. The van der Waals surface area contributed by atoms with Crippen LogP contribution in [0.25, 0.3) is 16.9 Å². The summed E-state index contributed by atoms with van der Waals surface area (Å²) in [6, 6.07) is 3.09. The van der Waals surface area contributed by atoms with Crippen molar-refractivity contribution in [1.29, 1.82) is 0 Å². The van der Waals surface area contributed by atoms with Crippen LogP contribution in [0, 0.1) is 11.6 Å². The van der Waals surface area contributed by atoms with Crippen molar-refractivity contribution in [3.63, 3.8) is 0 Å². The predicted octanol–water partition coefficient (Wildman–Crippen LogP) is 5.39. The molecular formula is C27H36F2N6O3. The number of likely N-dealkylation sites (tertiary alicyclic amines) is 2. The molecule has 0 unspecified atom stereocenters. The fourth-order valence-corrected chi connectivity index (χ4v) is 5.47. The number of halogens is 2. The zero-order chi connectivity index (χ0) is 27.2. The van der Waals surface area contributed by atoms with E-state index >= 15 is 0 Å². The molecule has 0 aliphatic carbocycles. The van der Waals surface area contributed by atoms with Gasteiger partial charge in [0.25, 0.3) is 5.95 Å². The van der Waals surface area contributed by atoms with Gasteiger partial charge in [-0.15, -0.1) is 0 Å². The highest BCUT2D eigenvalue weighted by atomic mass is 19.2. The van der Waals surface area contributed by atoms with Crippen LogP contribution in [0.4, 0.5) is 13.6 Å². The number of amides is 1. The van der Waals surface area contributed by atoms with Crippen molar-refractivity contribution in [1.82, 2.24) is 29.7 Å². The Kier molecular flexibility index (Phi) is 7.15. The van der Waals surface area contributed by atoms with Gasteiger partial charge >= 0.3 is 6.09 Å². The molecule has 0 N–H and O–H groups in total. The Morgan fingerprint density at radius 2 is 1.76 bits per heavy atom. The fraction of sp³-hybridized carbons (Fsp3) is 0.630. The molecule has 1 amide bonds. The molecule has 0 spiro atoms. The van der Waals surface area contributed by atoms with Crippen LogP contribution in [0.5, 0.6) is 0 Å². The summed E-state index contributed by atoms with van der Waals surface area (Å²) in [6.07, 6.45) is 3.31. The molecule has 2 aliphatic heterocycles. The molecule has 4 heterocycles. The van der Waals surface area contributed by atoms with Crippen molar-refractivity contribution in [3.8, 4) is 5.95 Å². The first kappa shape index (κ1) is 26.5. The van der Waals surface area contributed by atoms with Gasteiger partial charge in [-0.3, -0.25) is 0 Å². The summed E-state index contributed by atoms with van der Waals surface area (Å²) in [4.78, 5) is 21.2. The monoisotopic (exact) mass is 530 g/mol. The van der Waals surface area contributed by atoms with Gasteiger partial charge in [-0.25, -0.2) is 13.6 Å². The third-order valence-electron chi connectivity index (χ3n) is 7.44. The number of carbonyl (C=O) groups excluding carboxylic acids is 1. The van der Waals surface area contributed by atoms with Gasteiger partial charge in [0.1, 0.15) is 11.1 Å². The van der Waals surface area contributed by atoms with Crippen molar-refractivity contribution in [2.24, 2.45) is 0 Å². The van der Waals surface area contributed by atoms with Gasteiger partial charge in [-0.1, -0.05) is 13.8 Å². The molecule has 2 fully saturated rings. The highest BCUT2D eigenvalue weighted by Crippen LogP contribution is 2.33. The average Bonchev–Trinajstić information content (AvgIpc) is 3.51. The summed E-state index contributed by atoms with van der Waals surface area (Å²) in [5.41, 5.74) is 0.181. The normalized spacial score (nSPS) is 18.6. The highest BCUT2D eigenvalue weighted by Gasteiger charge is 2.33. The molecule has 0 saturated carbocycles. The van der Waals surface area contributed by atoms with E-state index in [1.807, 2.05) is 34.6 Å². The second-order valence-corrected chi connectivity index (χ2v) is 11.7. The van der Waals surface area contributed by atoms with Crippen LogP contribution in [0.1, 0.15) is 83.7 Å². The molecule has 206 valence electrons. The smallest absolute Gasteiger partial charge is 0.410 e. The summed E-state index contributed by atoms with van der Waals surface area (Å²) in [5, 5.41) is 9.13. The van der Waals surface area contributed by atoms with Gasteiger partial charge in [-0.05, 0) is 82.8 Å². The number of nitrogens with zero attached hydrogens (tertiary/aromatic N) is 6. The summed E-state index contributed by atoms with van der Waals surface area (Å²) in [7, 11) is 0. The van der Waals surface area contributed by atoms with Crippen LogP contribution in [-0.2, 0) is 4.74 Å². The maximum Gasteiger partial charge on any atom is 0.410 e. The van der Waals surface area contributed by atoms with Crippen LogP contribution >= 0.6 is 0 Å². The van der Waals surface area contributed by atoms with Gasteiger partial charge in [0.15, 0.2) is 11.6 Å². The summed E-state index contributed by atoms with van der Waals surface area (Å²) in [6.45, 7) is 12.7. The first-order valence-electron chi connectivity index (χ1n) is 13.4. The van der Waals surface area contributed by atoms with E-state index < -0.39 is 17.2 Å². The van der Waals surface area contributed by atoms with Crippen molar-refractivity contribution in [2.45, 2.75) is 83.8 Å². The van der Waals surface area contributed by atoms with E-state index in [4.69, 9.17) is 9.26 Å². The largest absolute Gasteiger partial charge is 0.444 e. The maximum absolute atomic E-state index is 14.8. The van der Waals surface area contributed by atoms with Crippen molar-refractivity contribution >= 4 is 17.0 Å². The summed E-state index contributed by atoms with van der Waals surface area (Å²) in [5.74, 6) is -1.22. The third-order valence-corrected chi connectivity index (χ3v) is 7.44. The number of aromatic nitrogens is 4. The number of hydrogen-bond donors (Lipinski definition) is 0. The quantitative estimate of drug-likeness (QED) is 0.447. The van der Waals surface area contributed by atoms with Gasteiger partial charge in [0, 0.05) is 30.4 Å². The van der Waals surface area contributed by atoms with E-state index in [0.717, 1.165) is 44.8 Å². The highest BCUT2D eigenvalue weighted by molar-refractivity contribution is 5.84. The number of hydrogen-bond acceptors (Lipinski definition) is 7. The lowest BCUT2D eigenvalue weighted by Gasteiger charge is -2.41. The van der Waals surface area contributed by atoms with Crippen LogP contribution in [-0.4, -0.2) is 73.6 Å². The van der Waals surface area contributed by atoms with Gasteiger partial charge in [0.2, 0.25) is 5.89 Å². The minimum absolute atomic E-state index is 0.00955. The van der Waals surface area contributed by atoms with E-state index in [1.165, 1.54) is 4.68 Å². The Labute approximate surface area is 221 Å². The molecule has 11 heteroatoms. The summed E-state index contributed by atoms with van der Waals surface area (Å²) >= 11 is 0. The Bertz CT molecular complexity index is 1300. The zero-order valence-electron chi connectivity index (χ0n) is 22.7. The first-order valence-corrected chi connectivity index (χ1v) is 13.4. The number of piperidine rings is 2. The minimum atomic E-state index is -0.973. The van der Waals surface area contributed by atoms with Crippen LogP contribution in [0.2, 0.25) is 0 Å². The van der Waals surface area contributed by atoms with Crippen LogP contribution in [0.15, 0.2) is 16.7 Å². The molecule has 38 heavy (non-hydrogen) atoms. The lowest BCUT2D eigenvalue weighted by atomic mass is 9.93. The molecule has 0 bridgehead atoms. The van der Waals surface area contributed by atoms with E-state index in [-0.39, 0.29) is 29.4 Å². The number of benzene rings is 1. The Morgan fingerprint density at radius 3 is 2.39 bits per heavy atom. The molecule has 2 aromatic heterocycles. The number of rotatable bonds is 4. The molecule has 2 saturated heterocycles. The van der Waals surface area contributed by atoms with Crippen LogP contribution < -0.4 is 0 Å². The Hall–Kier alpha value is -3.08. The second-order valence-electron chi connectivity index (χ2n) is 11.7. The van der Waals surface area contributed by atoms with Crippen molar-refractivity contribution in [2.75, 3.05) is 26.2 Å². The Morgan fingerprint density at radius 1 is 1.08 bits per heavy atom. The van der Waals surface area contributed by atoms with E-state index in [9.17, 15) is 13.6 Å². The second kappa shape index (κ2) is 10.2. The molecule has 1 aromatic carbocycles. The van der Waals surface area contributed by atoms with Crippen LogP contribution in [0.3, 0.4) is 0 Å². The number of carbonyl (C=O) groups is 1. The average molecular weight is 531 g/mol. The molecule has 3 aromatic rings. The lowest BCUT2D eigenvalue weighted by Crippen LogP contribution is -2.49. The zero-order valence-corrected chi connectivity index (χ0v) is 22.7. The van der Waals surface area contributed by atoms with E-state index in [1.54, 1.807) is 11.0 Å². The summed E-state index contributed by atoms with van der Waals surface area (Å²) < 4.78 is 41.2. The standard InChI is InChI=1S/C27H36F2N6O3/c1-16(2)22-19-6-7-20(28)21(29)23(19)35(31-22)25-30-24(38-32-25)17-8-12-33(13-9-17)18-10-14-34(15-11-18)26(36)37-27(3,4)5/h6-7,16-18H,8-15H2,1-5H3. The fourth-order valence-electron chi connectivity index (χ4n) is 5.47. The molecule has 0 radical (unpaired) electrons. The molecule has 5 rings (SSSR count). The number of fused-ring (bicyclic) bond motifs is 1. The minimum Gasteiger partial charge on any atom is -0.444 e.